The van der Waals surface area contributed by atoms with Gasteiger partial charge in [-0.2, -0.15) is 0 Å². The first-order chi connectivity index (χ1) is 12.0. The third kappa shape index (κ3) is 4.51. The monoisotopic (exact) mass is 345 g/mol. The average molecular weight is 345 g/mol. The van der Waals surface area contributed by atoms with Gasteiger partial charge in [0.25, 0.3) is 5.56 Å². The van der Waals surface area contributed by atoms with Gasteiger partial charge in [-0.25, -0.2) is 9.37 Å². The maximum absolute atomic E-state index is 13.2. The van der Waals surface area contributed by atoms with Crippen molar-refractivity contribution < 1.29 is 13.9 Å². The Morgan fingerprint density at radius 1 is 1.44 bits per heavy atom. The SMILES string of the molecule is Cc1nc([C@@H]2CN(C(=O)CCc3cccc(F)c3)CCO2)cc(=O)[nH]1. The number of ether oxygens (including phenoxy) is 1. The molecule has 3 rings (SSSR count). The van der Waals surface area contributed by atoms with Gasteiger partial charge in [-0.15, -0.1) is 0 Å². The highest BCUT2D eigenvalue weighted by atomic mass is 19.1. The molecule has 0 bridgehead atoms. The number of amides is 1. The summed E-state index contributed by atoms with van der Waals surface area (Å²) >= 11 is 0. The van der Waals surface area contributed by atoms with Crippen molar-refractivity contribution in [3.63, 3.8) is 0 Å². The number of aromatic amines is 1. The van der Waals surface area contributed by atoms with Crippen LogP contribution in [0.5, 0.6) is 0 Å². The van der Waals surface area contributed by atoms with Gasteiger partial charge in [0.15, 0.2) is 0 Å². The predicted octanol–water partition coefficient (Wildman–Crippen LogP) is 1.75. The van der Waals surface area contributed by atoms with Gasteiger partial charge >= 0.3 is 0 Å². The molecule has 0 aliphatic carbocycles. The second-order valence-electron chi connectivity index (χ2n) is 6.08. The molecule has 1 aromatic heterocycles. The van der Waals surface area contributed by atoms with E-state index < -0.39 is 6.10 Å². The molecule has 25 heavy (non-hydrogen) atoms. The highest BCUT2D eigenvalue weighted by Crippen LogP contribution is 2.20. The van der Waals surface area contributed by atoms with E-state index in [0.717, 1.165) is 5.56 Å². The summed E-state index contributed by atoms with van der Waals surface area (Å²) in [5.74, 6) is 0.201. The standard InChI is InChI=1S/C18H20FN3O3/c1-12-20-15(10-17(23)21-12)16-11-22(7-8-25-16)18(24)6-5-13-3-2-4-14(19)9-13/h2-4,9-10,16H,5-8,11H2,1H3,(H,20,21,23)/t16-/m0/s1. The number of hydrogen-bond acceptors (Lipinski definition) is 4. The van der Waals surface area contributed by atoms with Crippen molar-refractivity contribution in [1.29, 1.82) is 0 Å². The molecule has 0 saturated carbocycles. The molecule has 1 aliphatic heterocycles. The van der Waals surface area contributed by atoms with Crippen molar-refractivity contribution >= 4 is 5.91 Å². The van der Waals surface area contributed by atoms with Crippen molar-refractivity contribution in [1.82, 2.24) is 14.9 Å². The molecule has 1 aromatic carbocycles. The van der Waals surface area contributed by atoms with Gasteiger partial charge in [0.1, 0.15) is 17.7 Å². The Kier molecular flexibility index (Phi) is 5.23. The lowest BCUT2D eigenvalue weighted by Crippen LogP contribution is -2.42. The van der Waals surface area contributed by atoms with Crippen LogP contribution < -0.4 is 5.56 Å². The summed E-state index contributed by atoms with van der Waals surface area (Å²) in [5, 5.41) is 0. The first-order valence-electron chi connectivity index (χ1n) is 8.23. The molecule has 1 atom stereocenters. The van der Waals surface area contributed by atoms with Crippen LogP contribution in [0.15, 0.2) is 35.1 Å². The zero-order valence-electron chi connectivity index (χ0n) is 14.0. The van der Waals surface area contributed by atoms with Crippen LogP contribution in [0.3, 0.4) is 0 Å². The van der Waals surface area contributed by atoms with Gasteiger partial charge < -0.3 is 14.6 Å². The molecule has 132 valence electrons. The third-order valence-corrected chi connectivity index (χ3v) is 4.15. The number of hydrogen-bond donors (Lipinski definition) is 1. The Bertz CT molecular complexity index is 821. The minimum absolute atomic E-state index is 0.0147. The number of H-pyrrole nitrogens is 1. The number of carbonyl (C=O) groups excluding carboxylic acids is 1. The number of aryl methyl sites for hydroxylation is 2. The molecular weight excluding hydrogens is 325 g/mol. The minimum Gasteiger partial charge on any atom is -0.368 e. The zero-order valence-corrected chi connectivity index (χ0v) is 14.0. The van der Waals surface area contributed by atoms with Crippen LogP contribution in [-0.2, 0) is 16.0 Å². The van der Waals surface area contributed by atoms with E-state index in [1.54, 1.807) is 24.0 Å². The van der Waals surface area contributed by atoms with E-state index in [2.05, 4.69) is 9.97 Å². The zero-order chi connectivity index (χ0) is 17.8. The lowest BCUT2D eigenvalue weighted by atomic mass is 10.1. The highest BCUT2D eigenvalue weighted by molar-refractivity contribution is 5.76. The number of halogens is 1. The van der Waals surface area contributed by atoms with Gasteiger partial charge in [-0.3, -0.25) is 9.59 Å². The number of carbonyl (C=O) groups is 1. The number of aromatic nitrogens is 2. The molecule has 0 unspecified atom stereocenters. The molecule has 7 heteroatoms. The molecule has 0 spiro atoms. The molecule has 1 saturated heterocycles. The Labute approximate surface area is 144 Å². The maximum atomic E-state index is 13.2. The Morgan fingerprint density at radius 2 is 2.28 bits per heavy atom. The van der Waals surface area contributed by atoms with Crippen LogP contribution in [0.25, 0.3) is 0 Å². The van der Waals surface area contributed by atoms with E-state index in [0.29, 0.717) is 44.1 Å². The van der Waals surface area contributed by atoms with Crippen LogP contribution in [0, 0.1) is 12.7 Å². The van der Waals surface area contributed by atoms with E-state index in [9.17, 15) is 14.0 Å². The molecule has 6 nitrogen and oxygen atoms in total. The van der Waals surface area contributed by atoms with E-state index in [1.807, 2.05) is 0 Å². The van der Waals surface area contributed by atoms with Crippen LogP contribution in [0.4, 0.5) is 4.39 Å². The first-order valence-corrected chi connectivity index (χ1v) is 8.23. The second kappa shape index (κ2) is 7.57. The van der Waals surface area contributed by atoms with Crippen molar-refractivity contribution in [2.75, 3.05) is 19.7 Å². The summed E-state index contributed by atoms with van der Waals surface area (Å²) in [6.45, 7) is 2.96. The smallest absolute Gasteiger partial charge is 0.251 e. The van der Waals surface area contributed by atoms with Crippen LogP contribution in [-0.4, -0.2) is 40.5 Å². The van der Waals surface area contributed by atoms with E-state index in [-0.39, 0.29) is 17.3 Å². The van der Waals surface area contributed by atoms with E-state index in [1.165, 1.54) is 18.2 Å². The van der Waals surface area contributed by atoms with Crippen LogP contribution in [0.1, 0.15) is 29.6 Å². The fraction of sp³-hybridized carbons (Fsp3) is 0.389. The molecule has 0 radical (unpaired) electrons. The fourth-order valence-electron chi connectivity index (χ4n) is 2.92. The Hall–Kier alpha value is -2.54. The quantitative estimate of drug-likeness (QED) is 0.916. The number of morpholine rings is 1. The maximum Gasteiger partial charge on any atom is 0.251 e. The molecule has 1 fully saturated rings. The number of nitrogens with zero attached hydrogens (tertiary/aromatic N) is 2. The molecule has 1 amide bonds. The van der Waals surface area contributed by atoms with Gasteiger partial charge in [0.05, 0.1) is 18.8 Å². The minimum atomic E-state index is -0.409. The summed E-state index contributed by atoms with van der Waals surface area (Å²) in [6.07, 6.45) is 0.381. The molecule has 1 N–H and O–H groups in total. The van der Waals surface area contributed by atoms with Gasteiger partial charge in [-0.05, 0) is 31.0 Å². The molecular formula is C18H20FN3O3. The van der Waals surface area contributed by atoms with Gasteiger partial charge in [0.2, 0.25) is 5.91 Å². The predicted molar refractivity (Wildman–Crippen MR) is 89.6 cm³/mol. The molecule has 1 aliphatic rings. The second-order valence-corrected chi connectivity index (χ2v) is 6.08. The number of nitrogens with one attached hydrogen (secondary N) is 1. The largest absolute Gasteiger partial charge is 0.368 e. The van der Waals surface area contributed by atoms with E-state index >= 15 is 0 Å². The Balaban J connectivity index is 1.62. The summed E-state index contributed by atoms with van der Waals surface area (Å²) in [5.41, 5.74) is 1.09. The summed E-state index contributed by atoms with van der Waals surface area (Å²) < 4.78 is 18.9. The van der Waals surface area contributed by atoms with Gasteiger partial charge in [-0.1, -0.05) is 12.1 Å². The van der Waals surface area contributed by atoms with Crippen LogP contribution in [0.2, 0.25) is 0 Å². The summed E-state index contributed by atoms with van der Waals surface area (Å²) in [4.78, 5) is 32.7. The Morgan fingerprint density at radius 3 is 3.04 bits per heavy atom. The topological polar surface area (TPSA) is 75.3 Å². The fourth-order valence-corrected chi connectivity index (χ4v) is 2.92. The first kappa shape index (κ1) is 17.3. The lowest BCUT2D eigenvalue weighted by Gasteiger charge is -2.32. The third-order valence-electron chi connectivity index (χ3n) is 4.15. The summed E-state index contributed by atoms with van der Waals surface area (Å²) in [7, 11) is 0. The summed E-state index contributed by atoms with van der Waals surface area (Å²) in [6, 6.07) is 7.67. The highest BCUT2D eigenvalue weighted by Gasteiger charge is 2.26. The molecule has 2 heterocycles. The van der Waals surface area contributed by atoms with Crippen LogP contribution >= 0.6 is 0 Å². The molecule has 2 aromatic rings. The normalized spacial score (nSPS) is 17.5. The number of benzene rings is 1. The van der Waals surface area contributed by atoms with Gasteiger partial charge in [0, 0.05) is 19.0 Å². The van der Waals surface area contributed by atoms with Crippen molar-refractivity contribution in [2.24, 2.45) is 0 Å². The average Bonchev–Trinajstić information content (AvgIpc) is 2.59. The number of rotatable bonds is 4. The van der Waals surface area contributed by atoms with Crippen molar-refractivity contribution in [3.05, 3.63) is 63.6 Å². The van der Waals surface area contributed by atoms with Crippen molar-refractivity contribution in [2.45, 2.75) is 25.9 Å². The van der Waals surface area contributed by atoms with E-state index in [4.69, 9.17) is 4.74 Å². The van der Waals surface area contributed by atoms with Crippen molar-refractivity contribution in [3.8, 4) is 0 Å². The lowest BCUT2D eigenvalue weighted by molar-refractivity contribution is -0.139.